The standard InChI is InChI=1S/C30H38O2S/c1-6-23(2)31-33(24-15-9-7-10-16-24,25-17-11-8-12-18-25)32-29-22-21-28(30(3,4)5)26-19-13-14-20-27(26)29/h7-20,23,28-29H,6,21-22H2,1-5H3. The van der Waals surface area contributed by atoms with Gasteiger partial charge in [0, 0.05) is 0 Å². The van der Waals surface area contributed by atoms with E-state index in [9.17, 15) is 0 Å². The average molecular weight is 463 g/mol. The summed E-state index contributed by atoms with van der Waals surface area (Å²) < 4.78 is 14.2. The lowest BCUT2D eigenvalue weighted by Crippen LogP contribution is -2.27. The lowest BCUT2D eigenvalue weighted by Gasteiger charge is -2.49. The van der Waals surface area contributed by atoms with Gasteiger partial charge in [0.25, 0.3) is 0 Å². The van der Waals surface area contributed by atoms with Gasteiger partial charge in [-0.1, -0.05) is 88.4 Å². The molecule has 0 N–H and O–H groups in total. The minimum absolute atomic E-state index is 0.000677. The third kappa shape index (κ3) is 5.06. The molecule has 0 aromatic heterocycles. The predicted octanol–water partition coefficient (Wildman–Crippen LogP) is 9.24. The summed E-state index contributed by atoms with van der Waals surface area (Å²) in [7, 11) is -2.16. The Hall–Kier alpha value is -2.07. The van der Waals surface area contributed by atoms with Gasteiger partial charge in [0.2, 0.25) is 0 Å². The highest BCUT2D eigenvalue weighted by molar-refractivity contribution is 8.26. The van der Waals surface area contributed by atoms with E-state index < -0.39 is 10.6 Å². The van der Waals surface area contributed by atoms with Gasteiger partial charge >= 0.3 is 0 Å². The highest BCUT2D eigenvalue weighted by Gasteiger charge is 2.39. The van der Waals surface area contributed by atoms with Crippen molar-refractivity contribution in [3.05, 3.63) is 96.1 Å². The molecule has 3 unspecified atom stereocenters. The van der Waals surface area contributed by atoms with Gasteiger partial charge in [0.15, 0.2) is 0 Å². The van der Waals surface area contributed by atoms with E-state index in [0.29, 0.717) is 5.92 Å². The van der Waals surface area contributed by atoms with Crippen molar-refractivity contribution in [1.82, 2.24) is 0 Å². The summed E-state index contributed by atoms with van der Waals surface area (Å²) in [6, 6.07) is 30.0. The Morgan fingerprint density at radius 3 is 1.82 bits per heavy atom. The van der Waals surface area contributed by atoms with E-state index in [1.165, 1.54) is 11.1 Å². The van der Waals surface area contributed by atoms with Crippen molar-refractivity contribution in [2.45, 2.75) is 81.8 Å². The molecule has 0 radical (unpaired) electrons. The van der Waals surface area contributed by atoms with Gasteiger partial charge in [-0.2, -0.15) is 0 Å². The Kier molecular flexibility index (Phi) is 7.33. The summed E-state index contributed by atoms with van der Waals surface area (Å²) in [4.78, 5) is 2.24. The molecule has 4 rings (SSSR count). The van der Waals surface area contributed by atoms with Crippen LogP contribution in [0.1, 0.15) is 77.0 Å². The third-order valence-corrected chi connectivity index (χ3v) is 9.60. The molecule has 33 heavy (non-hydrogen) atoms. The van der Waals surface area contributed by atoms with Crippen molar-refractivity contribution >= 4 is 10.6 Å². The van der Waals surface area contributed by atoms with Crippen LogP contribution in [-0.2, 0) is 8.37 Å². The topological polar surface area (TPSA) is 18.5 Å². The third-order valence-electron chi connectivity index (χ3n) is 6.71. The van der Waals surface area contributed by atoms with E-state index in [1.54, 1.807) is 0 Å². The maximum atomic E-state index is 7.27. The molecule has 0 spiro atoms. The average Bonchev–Trinajstić information content (AvgIpc) is 2.84. The zero-order valence-electron chi connectivity index (χ0n) is 20.7. The minimum atomic E-state index is -2.16. The summed E-state index contributed by atoms with van der Waals surface area (Å²) >= 11 is 0. The number of benzene rings is 3. The summed E-state index contributed by atoms with van der Waals surface area (Å²) in [5.41, 5.74) is 2.97. The molecule has 3 atom stereocenters. The fourth-order valence-electron chi connectivity index (χ4n) is 4.79. The van der Waals surface area contributed by atoms with Gasteiger partial charge in [0.05, 0.1) is 15.9 Å². The molecule has 3 aromatic rings. The number of hydrogen-bond acceptors (Lipinski definition) is 2. The van der Waals surface area contributed by atoms with Crippen LogP contribution in [-0.4, -0.2) is 6.10 Å². The first-order valence-corrected chi connectivity index (χ1v) is 13.7. The smallest absolute Gasteiger partial charge is 0.108 e. The van der Waals surface area contributed by atoms with E-state index in [-0.39, 0.29) is 17.6 Å². The van der Waals surface area contributed by atoms with E-state index in [0.717, 1.165) is 29.1 Å². The summed E-state index contributed by atoms with van der Waals surface area (Å²) in [5.74, 6) is 0.530. The monoisotopic (exact) mass is 462 g/mol. The Balaban J connectivity index is 1.83. The van der Waals surface area contributed by atoms with Crippen LogP contribution < -0.4 is 0 Å². The van der Waals surface area contributed by atoms with Gasteiger partial charge in [-0.05, 0) is 72.9 Å². The quantitative estimate of drug-likeness (QED) is 0.348. The van der Waals surface area contributed by atoms with Crippen molar-refractivity contribution in [3.63, 3.8) is 0 Å². The first kappa shape index (κ1) is 24.1. The van der Waals surface area contributed by atoms with Crippen LogP contribution in [0.3, 0.4) is 0 Å². The van der Waals surface area contributed by atoms with Crippen LogP contribution in [0.25, 0.3) is 0 Å². The second-order valence-electron chi connectivity index (χ2n) is 10.2. The number of rotatable bonds is 7. The predicted molar refractivity (Wildman–Crippen MR) is 140 cm³/mol. The molecular weight excluding hydrogens is 424 g/mol. The van der Waals surface area contributed by atoms with Crippen LogP contribution in [0.4, 0.5) is 0 Å². The largest absolute Gasteiger partial charge is 0.272 e. The fraction of sp³-hybridized carbons (Fsp3) is 0.400. The van der Waals surface area contributed by atoms with E-state index in [1.807, 2.05) is 0 Å². The van der Waals surface area contributed by atoms with Gasteiger partial charge in [-0.25, -0.2) is 0 Å². The zero-order valence-corrected chi connectivity index (χ0v) is 21.5. The normalized spacial score (nSPS) is 20.2. The molecule has 0 aliphatic heterocycles. The maximum Gasteiger partial charge on any atom is 0.108 e. The maximum absolute atomic E-state index is 7.27. The molecule has 3 aromatic carbocycles. The molecule has 0 heterocycles. The molecule has 1 aliphatic carbocycles. The highest BCUT2D eigenvalue weighted by atomic mass is 32.3. The second-order valence-corrected chi connectivity index (χ2v) is 12.5. The van der Waals surface area contributed by atoms with Crippen molar-refractivity contribution < 1.29 is 8.37 Å². The first-order chi connectivity index (χ1) is 15.8. The van der Waals surface area contributed by atoms with E-state index >= 15 is 0 Å². The van der Waals surface area contributed by atoms with Crippen LogP contribution in [0.5, 0.6) is 0 Å². The van der Waals surface area contributed by atoms with Gasteiger partial charge in [-0.3, -0.25) is 8.37 Å². The molecule has 0 fully saturated rings. The van der Waals surface area contributed by atoms with Crippen LogP contribution in [0.2, 0.25) is 0 Å². The van der Waals surface area contributed by atoms with Gasteiger partial charge in [-0.15, -0.1) is 10.6 Å². The van der Waals surface area contributed by atoms with Crippen LogP contribution in [0, 0.1) is 5.41 Å². The Labute approximate surface area is 202 Å². The highest BCUT2D eigenvalue weighted by Crippen LogP contribution is 2.68. The summed E-state index contributed by atoms with van der Waals surface area (Å²) in [5, 5.41) is 0. The number of fused-ring (bicyclic) bond motifs is 1. The Morgan fingerprint density at radius 2 is 1.30 bits per heavy atom. The van der Waals surface area contributed by atoms with Gasteiger partial charge in [0.1, 0.15) is 6.10 Å². The zero-order chi connectivity index (χ0) is 23.5. The molecule has 0 bridgehead atoms. The van der Waals surface area contributed by atoms with Crippen molar-refractivity contribution in [1.29, 1.82) is 0 Å². The van der Waals surface area contributed by atoms with Crippen LogP contribution in [0.15, 0.2) is 94.7 Å². The second kappa shape index (κ2) is 10.0. The van der Waals surface area contributed by atoms with Crippen molar-refractivity contribution in [3.8, 4) is 0 Å². The van der Waals surface area contributed by atoms with Crippen LogP contribution >= 0.6 is 10.6 Å². The van der Waals surface area contributed by atoms with E-state index in [4.69, 9.17) is 8.37 Å². The lowest BCUT2D eigenvalue weighted by atomic mass is 9.69. The fourth-order valence-corrected chi connectivity index (χ4v) is 7.71. The minimum Gasteiger partial charge on any atom is -0.272 e. The lowest BCUT2D eigenvalue weighted by molar-refractivity contribution is 0.130. The summed E-state index contributed by atoms with van der Waals surface area (Å²) in [6.45, 7) is 11.4. The number of hydrogen-bond donors (Lipinski definition) is 0. The molecule has 176 valence electrons. The molecule has 1 aliphatic rings. The Bertz CT molecular complexity index is 986. The first-order valence-electron chi connectivity index (χ1n) is 12.2. The van der Waals surface area contributed by atoms with E-state index in [2.05, 4.69) is 120 Å². The summed E-state index contributed by atoms with van der Waals surface area (Å²) in [6.07, 6.45) is 3.14. The SMILES string of the molecule is CCC(C)OS(OC1CCC(C(C)(C)C)c2ccccc21)(c1ccccc1)c1ccccc1. The van der Waals surface area contributed by atoms with Gasteiger partial charge < -0.3 is 0 Å². The molecule has 0 amide bonds. The molecule has 3 heteroatoms. The van der Waals surface area contributed by atoms with Crippen molar-refractivity contribution in [2.75, 3.05) is 0 Å². The molecule has 0 saturated heterocycles. The molecular formula is C30H38O2S. The molecule has 0 saturated carbocycles. The van der Waals surface area contributed by atoms with Crippen molar-refractivity contribution in [2.24, 2.45) is 5.41 Å². The Morgan fingerprint density at radius 1 is 0.788 bits per heavy atom. The molecule has 2 nitrogen and oxygen atoms in total.